The van der Waals surface area contributed by atoms with Crippen molar-refractivity contribution in [1.29, 1.82) is 0 Å². The van der Waals surface area contributed by atoms with Gasteiger partial charge in [0.15, 0.2) is 0 Å². The predicted molar refractivity (Wildman–Crippen MR) is 148 cm³/mol. The van der Waals surface area contributed by atoms with E-state index in [1.54, 1.807) is 0 Å². The van der Waals surface area contributed by atoms with Crippen LogP contribution in [-0.4, -0.2) is 23.6 Å². The summed E-state index contributed by atoms with van der Waals surface area (Å²) in [6.07, 6.45) is 6.29. The highest BCUT2D eigenvalue weighted by Crippen LogP contribution is 2.35. The maximum absolute atomic E-state index is 13.0. The van der Waals surface area contributed by atoms with Gasteiger partial charge in [0.2, 0.25) is 23.6 Å². The molecule has 3 aliphatic carbocycles. The van der Waals surface area contributed by atoms with Gasteiger partial charge in [0.1, 0.15) is 0 Å². The number of rotatable bonds is 8. The lowest BCUT2D eigenvalue weighted by Gasteiger charge is -2.27. The van der Waals surface area contributed by atoms with E-state index in [-0.39, 0.29) is 47.3 Å². The number of carbonyl (C=O) groups excluding carboxylic acids is 4. The Morgan fingerprint density at radius 2 is 0.684 bits per heavy atom. The van der Waals surface area contributed by atoms with Gasteiger partial charge in [-0.25, -0.2) is 0 Å². The minimum Gasteiger partial charge on any atom is -0.326 e. The van der Waals surface area contributed by atoms with Crippen molar-refractivity contribution in [2.45, 2.75) is 65.2 Å². The Morgan fingerprint density at radius 1 is 0.474 bits per heavy atom. The van der Waals surface area contributed by atoms with Gasteiger partial charge in [-0.15, -0.1) is 0 Å². The van der Waals surface area contributed by atoms with Gasteiger partial charge < -0.3 is 21.3 Å². The molecule has 0 radical (unpaired) electrons. The summed E-state index contributed by atoms with van der Waals surface area (Å²) >= 11 is 0. The second-order valence-corrected chi connectivity index (χ2v) is 11.0. The van der Waals surface area contributed by atoms with Crippen molar-refractivity contribution in [3.05, 3.63) is 47.5 Å². The topological polar surface area (TPSA) is 116 Å². The zero-order chi connectivity index (χ0) is 26.8. The standard InChI is InChI=1S/C30H36N4O4/c1-17-23(31-27(35)19-9-10-19)5-3-7-25(17)33-29(37)21-13-15-22(16-14-21)30(38)34-26-8-4-6-24(18(26)2)32-28(36)20-11-12-20/h3-8,19-22H,9-16H2,1-2H3,(H,31,35)(H,32,36)(H,33,37)(H,34,38). The average Bonchev–Trinajstić information content (AvgIpc) is 3.81. The summed E-state index contributed by atoms with van der Waals surface area (Å²) in [6.45, 7) is 3.79. The Balaban J connectivity index is 1.13. The molecule has 0 atom stereocenters. The van der Waals surface area contributed by atoms with Crippen molar-refractivity contribution in [3.63, 3.8) is 0 Å². The fraction of sp³-hybridized carbons (Fsp3) is 0.467. The van der Waals surface area contributed by atoms with Crippen LogP contribution < -0.4 is 21.3 Å². The zero-order valence-electron chi connectivity index (χ0n) is 22.1. The van der Waals surface area contributed by atoms with E-state index in [0.29, 0.717) is 37.1 Å². The second kappa shape index (κ2) is 11.0. The summed E-state index contributed by atoms with van der Waals surface area (Å²) in [7, 11) is 0. The van der Waals surface area contributed by atoms with Gasteiger partial charge in [-0.3, -0.25) is 19.2 Å². The van der Waals surface area contributed by atoms with Crippen molar-refractivity contribution in [2.24, 2.45) is 23.7 Å². The second-order valence-electron chi connectivity index (χ2n) is 11.0. The molecule has 4 amide bonds. The molecule has 38 heavy (non-hydrogen) atoms. The van der Waals surface area contributed by atoms with Crippen LogP contribution in [0.5, 0.6) is 0 Å². The van der Waals surface area contributed by atoms with Crippen molar-refractivity contribution in [1.82, 2.24) is 0 Å². The average molecular weight is 517 g/mol. The molecule has 0 saturated heterocycles. The molecule has 3 aliphatic rings. The van der Waals surface area contributed by atoms with Crippen LogP contribution in [-0.2, 0) is 19.2 Å². The molecule has 8 heteroatoms. The first-order chi connectivity index (χ1) is 18.3. The lowest BCUT2D eigenvalue weighted by atomic mass is 9.81. The monoisotopic (exact) mass is 516 g/mol. The molecule has 0 spiro atoms. The number of hydrogen-bond acceptors (Lipinski definition) is 4. The van der Waals surface area contributed by atoms with Crippen molar-refractivity contribution in [2.75, 3.05) is 21.3 Å². The summed E-state index contributed by atoms with van der Waals surface area (Å²) in [4.78, 5) is 50.4. The minimum atomic E-state index is -0.161. The minimum absolute atomic E-state index is 0.0399. The number of benzene rings is 2. The molecule has 2 aromatic rings. The van der Waals surface area contributed by atoms with Crippen LogP contribution in [0, 0.1) is 37.5 Å². The first kappa shape index (κ1) is 25.9. The lowest BCUT2D eigenvalue weighted by molar-refractivity contribution is -0.125. The first-order valence-electron chi connectivity index (χ1n) is 13.7. The zero-order valence-corrected chi connectivity index (χ0v) is 22.1. The Morgan fingerprint density at radius 3 is 0.895 bits per heavy atom. The van der Waals surface area contributed by atoms with E-state index in [1.165, 1.54) is 0 Å². The highest BCUT2D eigenvalue weighted by Gasteiger charge is 2.32. The molecule has 0 bridgehead atoms. The van der Waals surface area contributed by atoms with Crippen molar-refractivity contribution < 1.29 is 19.2 Å². The van der Waals surface area contributed by atoms with Crippen LogP contribution in [0.4, 0.5) is 22.7 Å². The van der Waals surface area contributed by atoms with Crippen LogP contribution in [0.3, 0.4) is 0 Å². The van der Waals surface area contributed by atoms with E-state index in [4.69, 9.17) is 0 Å². The smallest absolute Gasteiger partial charge is 0.227 e. The summed E-state index contributed by atoms with van der Waals surface area (Å²) < 4.78 is 0. The number of carbonyl (C=O) groups is 4. The Kier molecular flexibility index (Phi) is 7.49. The summed E-state index contributed by atoms with van der Waals surface area (Å²) in [5, 5.41) is 12.0. The molecule has 200 valence electrons. The van der Waals surface area contributed by atoms with Crippen LogP contribution in [0.2, 0.25) is 0 Å². The van der Waals surface area contributed by atoms with Crippen LogP contribution >= 0.6 is 0 Å². The number of nitrogens with one attached hydrogen (secondary N) is 4. The van der Waals surface area contributed by atoms with E-state index in [1.807, 2.05) is 50.2 Å². The Bertz CT molecular complexity index is 1160. The predicted octanol–water partition coefficient (Wildman–Crippen LogP) is 5.38. The molecule has 0 unspecified atom stereocenters. The van der Waals surface area contributed by atoms with E-state index in [2.05, 4.69) is 21.3 Å². The van der Waals surface area contributed by atoms with Gasteiger partial charge in [0.05, 0.1) is 0 Å². The molecule has 0 heterocycles. The quantitative estimate of drug-likeness (QED) is 0.377. The third kappa shape index (κ3) is 6.06. The largest absolute Gasteiger partial charge is 0.326 e. The SMILES string of the molecule is Cc1c(NC(=O)C2CC2)cccc1NC(=O)C1CCC(C(=O)Nc2cccc(NC(=O)C3CC3)c2C)CC1. The fourth-order valence-electron chi connectivity index (χ4n) is 5.06. The maximum atomic E-state index is 13.0. The van der Waals surface area contributed by atoms with Gasteiger partial charge >= 0.3 is 0 Å². The summed E-state index contributed by atoms with van der Waals surface area (Å²) in [5.41, 5.74) is 4.54. The molecular formula is C30H36N4O4. The normalized spacial score (nSPS) is 20.8. The number of anilines is 4. The molecule has 8 nitrogen and oxygen atoms in total. The van der Waals surface area contributed by atoms with Crippen molar-refractivity contribution >= 4 is 46.4 Å². The van der Waals surface area contributed by atoms with Gasteiger partial charge in [0, 0.05) is 46.4 Å². The molecule has 5 rings (SSSR count). The highest BCUT2D eigenvalue weighted by atomic mass is 16.2. The van der Waals surface area contributed by atoms with Gasteiger partial charge in [-0.1, -0.05) is 12.1 Å². The Hall–Kier alpha value is -3.68. The fourth-order valence-corrected chi connectivity index (χ4v) is 5.06. The van der Waals surface area contributed by atoms with Crippen LogP contribution in [0.1, 0.15) is 62.5 Å². The van der Waals surface area contributed by atoms with Gasteiger partial charge in [0.25, 0.3) is 0 Å². The highest BCUT2D eigenvalue weighted by molar-refractivity contribution is 5.99. The molecule has 3 fully saturated rings. The van der Waals surface area contributed by atoms with E-state index in [9.17, 15) is 19.2 Å². The third-order valence-corrected chi connectivity index (χ3v) is 8.06. The molecule has 4 N–H and O–H groups in total. The maximum Gasteiger partial charge on any atom is 0.227 e. The molecular weight excluding hydrogens is 480 g/mol. The molecule has 0 aromatic heterocycles. The van der Waals surface area contributed by atoms with E-state index in [0.717, 1.165) is 48.2 Å². The van der Waals surface area contributed by atoms with E-state index < -0.39 is 0 Å². The molecule has 2 aromatic carbocycles. The lowest BCUT2D eigenvalue weighted by Crippen LogP contribution is -2.32. The third-order valence-electron chi connectivity index (χ3n) is 8.06. The first-order valence-corrected chi connectivity index (χ1v) is 13.7. The molecule has 3 saturated carbocycles. The number of hydrogen-bond donors (Lipinski definition) is 4. The number of amides is 4. The summed E-state index contributed by atoms with van der Waals surface area (Å²) in [5.74, 6) is -0.116. The summed E-state index contributed by atoms with van der Waals surface area (Å²) in [6, 6.07) is 11.1. The van der Waals surface area contributed by atoms with Crippen molar-refractivity contribution in [3.8, 4) is 0 Å². The van der Waals surface area contributed by atoms with Gasteiger partial charge in [-0.2, -0.15) is 0 Å². The molecule has 0 aliphatic heterocycles. The van der Waals surface area contributed by atoms with Crippen LogP contribution in [0.25, 0.3) is 0 Å². The van der Waals surface area contributed by atoms with Crippen LogP contribution in [0.15, 0.2) is 36.4 Å². The van der Waals surface area contributed by atoms with E-state index >= 15 is 0 Å². The van der Waals surface area contributed by atoms with Gasteiger partial charge in [-0.05, 0) is 101 Å². The Labute approximate surface area is 223 Å².